The van der Waals surface area contributed by atoms with Gasteiger partial charge in [-0.05, 0) is 71.8 Å². The standard InChI is InChI=1S/C52H32N4S/c1-3-15-33(16-4-1)49-51-50(41-23-9-12-28-47(41)57-51)54-52(53-49)35-18-13-17-34(31-35)38-24-14-27-46-48(38)42-32-37(29-30-45(42)55(46)36-19-5-2-6-20-36)56-43-25-10-7-21-39(43)40-22-8-11-26-44(40)56/h1-32H. The third kappa shape index (κ3) is 4.93. The number of nitrogens with zero attached hydrogens (tertiary/aromatic N) is 4. The Kier molecular flexibility index (Phi) is 7.06. The van der Waals surface area contributed by atoms with Crippen molar-refractivity contribution in [2.45, 2.75) is 0 Å². The van der Waals surface area contributed by atoms with Gasteiger partial charge in [0.15, 0.2) is 5.82 Å². The number of thiophene rings is 1. The summed E-state index contributed by atoms with van der Waals surface area (Å²) in [4.78, 5) is 10.6. The van der Waals surface area contributed by atoms with E-state index in [9.17, 15) is 0 Å². The molecule has 12 aromatic rings. The first-order valence-electron chi connectivity index (χ1n) is 19.3. The van der Waals surface area contributed by atoms with Crippen LogP contribution >= 0.6 is 11.3 Å². The van der Waals surface area contributed by atoms with E-state index in [1.165, 1.54) is 42.8 Å². The Morgan fingerprint density at radius 1 is 0.386 bits per heavy atom. The maximum atomic E-state index is 5.31. The summed E-state index contributed by atoms with van der Waals surface area (Å²) in [5.74, 6) is 0.722. The van der Waals surface area contributed by atoms with Crippen LogP contribution in [0.1, 0.15) is 0 Å². The molecule has 0 atom stereocenters. The van der Waals surface area contributed by atoms with Gasteiger partial charge in [0.25, 0.3) is 0 Å². The molecule has 0 fully saturated rings. The Bertz CT molecular complexity index is 3470. The zero-order valence-corrected chi connectivity index (χ0v) is 31.5. The molecule has 0 N–H and O–H groups in total. The fraction of sp³-hybridized carbons (Fsp3) is 0. The van der Waals surface area contributed by atoms with Crippen LogP contribution in [0.3, 0.4) is 0 Å². The van der Waals surface area contributed by atoms with Crippen LogP contribution in [0.5, 0.6) is 0 Å². The second kappa shape index (κ2) is 12.6. The predicted molar refractivity (Wildman–Crippen MR) is 240 cm³/mol. The smallest absolute Gasteiger partial charge is 0.160 e. The van der Waals surface area contributed by atoms with Gasteiger partial charge >= 0.3 is 0 Å². The SMILES string of the molecule is c1ccc(-c2nc(-c3cccc(-c4cccc5c4c4cc(-n6c7ccccc7c7ccccc76)ccc4n5-c4ccccc4)c3)nc3c2sc2ccccc23)cc1. The van der Waals surface area contributed by atoms with Gasteiger partial charge in [-0.2, -0.15) is 0 Å². The molecule has 0 radical (unpaired) electrons. The quantitative estimate of drug-likeness (QED) is 0.176. The summed E-state index contributed by atoms with van der Waals surface area (Å²) in [5, 5.41) is 6.07. The number of fused-ring (bicyclic) bond motifs is 9. The van der Waals surface area contributed by atoms with Crippen molar-refractivity contribution in [3.05, 3.63) is 194 Å². The average molecular weight is 745 g/mol. The third-order valence-electron chi connectivity index (χ3n) is 11.3. The highest BCUT2D eigenvalue weighted by molar-refractivity contribution is 7.26. The van der Waals surface area contributed by atoms with Gasteiger partial charge in [0.2, 0.25) is 0 Å². The van der Waals surface area contributed by atoms with Crippen LogP contribution in [-0.2, 0) is 0 Å². The first-order valence-corrected chi connectivity index (χ1v) is 20.1. The molecular formula is C52H32N4S. The number of aromatic nitrogens is 4. The largest absolute Gasteiger partial charge is 0.309 e. The van der Waals surface area contributed by atoms with Gasteiger partial charge in [-0.1, -0.05) is 133 Å². The van der Waals surface area contributed by atoms with Crippen molar-refractivity contribution < 1.29 is 0 Å². The van der Waals surface area contributed by atoms with E-state index in [4.69, 9.17) is 9.97 Å². The van der Waals surface area contributed by atoms with Gasteiger partial charge in [-0.15, -0.1) is 11.3 Å². The molecule has 8 aromatic carbocycles. The Morgan fingerprint density at radius 3 is 1.77 bits per heavy atom. The maximum absolute atomic E-state index is 5.31. The van der Waals surface area contributed by atoms with Crippen molar-refractivity contribution in [1.82, 2.24) is 19.1 Å². The third-order valence-corrected chi connectivity index (χ3v) is 12.5. The minimum absolute atomic E-state index is 0.722. The molecule has 57 heavy (non-hydrogen) atoms. The lowest BCUT2D eigenvalue weighted by Crippen LogP contribution is -1.95. The maximum Gasteiger partial charge on any atom is 0.160 e. The summed E-state index contributed by atoms with van der Waals surface area (Å²) < 4.78 is 7.13. The number of benzene rings is 8. The fourth-order valence-electron chi connectivity index (χ4n) is 8.83. The molecule has 0 saturated carbocycles. The Labute approximate surface area is 332 Å². The highest BCUT2D eigenvalue weighted by Crippen LogP contribution is 2.43. The lowest BCUT2D eigenvalue weighted by Gasteiger charge is -2.10. The highest BCUT2D eigenvalue weighted by Gasteiger charge is 2.20. The summed E-state index contributed by atoms with van der Waals surface area (Å²) in [6.07, 6.45) is 0. The van der Waals surface area contributed by atoms with Crippen molar-refractivity contribution in [2.75, 3.05) is 0 Å². The van der Waals surface area contributed by atoms with E-state index in [1.54, 1.807) is 11.3 Å². The summed E-state index contributed by atoms with van der Waals surface area (Å²) >= 11 is 1.76. The minimum atomic E-state index is 0.722. The molecule has 266 valence electrons. The van der Waals surface area contributed by atoms with Crippen LogP contribution in [-0.4, -0.2) is 19.1 Å². The highest BCUT2D eigenvalue weighted by atomic mass is 32.1. The number of hydrogen-bond donors (Lipinski definition) is 0. The zero-order valence-electron chi connectivity index (χ0n) is 30.7. The minimum Gasteiger partial charge on any atom is -0.309 e. The number of para-hydroxylation sites is 3. The van der Waals surface area contributed by atoms with Crippen molar-refractivity contribution in [1.29, 1.82) is 0 Å². The topological polar surface area (TPSA) is 35.6 Å². The van der Waals surface area contributed by atoms with Crippen LogP contribution in [0.25, 0.3) is 109 Å². The summed E-state index contributed by atoms with van der Waals surface area (Å²) in [6, 6.07) is 69.6. The van der Waals surface area contributed by atoms with Crippen molar-refractivity contribution >= 4 is 75.3 Å². The first-order chi connectivity index (χ1) is 28.3. The van der Waals surface area contributed by atoms with Gasteiger partial charge in [0, 0.05) is 54.1 Å². The van der Waals surface area contributed by atoms with E-state index in [2.05, 4.69) is 203 Å². The van der Waals surface area contributed by atoms with Crippen LogP contribution in [0.2, 0.25) is 0 Å². The molecule has 0 amide bonds. The summed E-state index contributed by atoms with van der Waals surface area (Å²) in [5.41, 5.74) is 13.3. The monoisotopic (exact) mass is 744 g/mol. The summed E-state index contributed by atoms with van der Waals surface area (Å²) in [6.45, 7) is 0. The molecule has 0 bridgehead atoms. The molecule has 4 heterocycles. The predicted octanol–water partition coefficient (Wildman–Crippen LogP) is 14.0. The zero-order chi connectivity index (χ0) is 37.5. The average Bonchev–Trinajstić information content (AvgIpc) is 3.94. The van der Waals surface area contributed by atoms with Gasteiger partial charge < -0.3 is 9.13 Å². The number of rotatable bonds is 5. The van der Waals surface area contributed by atoms with Crippen LogP contribution in [0, 0.1) is 0 Å². The molecule has 0 aliphatic heterocycles. The Morgan fingerprint density at radius 2 is 0.982 bits per heavy atom. The van der Waals surface area contributed by atoms with Crippen LogP contribution in [0.15, 0.2) is 194 Å². The van der Waals surface area contributed by atoms with E-state index in [-0.39, 0.29) is 0 Å². The van der Waals surface area contributed by atoms with Gasteiger partial charge in [0.1, 0.15) is 0 Å². The first kappa shape index (κ1) is 32.0. The van der Waals surface area contributed by atoms with E-state index < -0.39 is 0 Å². The normalized spacial score (nSPS) is 11.9. The molecule has 0 unspecified atom stereocenters. The molecule has 12 rings (SSSR count). The Hall–Kier alpha value is -7.34. The molecule has 4 nitrogen and oxygen atoms in total. The second-order valence-electron chi connectivity index (χ2n) is 14.6. The second-order valence-corrected chi connectivity index (χ2v) is 15.6. The van der Waals surface area contributed by atoms with Crippen molar-refractivity contribution in [3.8, 4) is 45.1 Å². The van der Waals surface area contributed by atoms with Gasteiger partial charge in [-0.25, -0.2) is 9.97 Å². The van der Waals surface area contributed by atoms with Gasteiger partial charge in [0.05, 0.1) is 38.0 Å². The van der Waals surface area contributed by atoms with Crippen LogP contribution in [0.4, 0.5) is 0 Å². The van der Waals surface area contributed by atoms with E-state index in [1.807, 2.05) is 0 Å². The molecule has 4 aromatic heterocycles. The van der Waals surface area contributed by atoms with E-state index in [0.717, 1.165) is 66.2 Å². The molecule has 0 saturated heterocycles. The Balaban J connectivity index is 1.11. The van der Waals surface area contributed by atoms with Crippen LogP contribution < -0.4 is 0 Å². The molecule has 0 aliphatic carbocycles. The molecule has 5 heteroatoms. The van der Waals surface area contributed by atoms with Crippen molar-refractivity contribution in [3.63, 3.8) is 0 Å². The molecule has 0 spiro atoms. The van der Waals surface area contributed by atoms with E-state index in [0.29, 0.717) is 0 Å². The summed E-state index contributed by atoms with van der Waals surface area (Å²) in [7, 11) is 0. The van der Waals surface area contributed by atoms with Gasteiger partial charge in [-0.3, -0.25) is 0 Å². The van der Waals surface area contributed by atoms with Crippen molar-refractivity contribution in [2.24, 2.45) is 0 Å². The molecular weight excluding hydrogens is 713 g/mol. The van der Waals surface area contributed by atoms with E-state index >= 15 is 0 Å². The molecule has 0 aliphatic rings. The fourth-order valence-corrected chi connectivity index (χ4v) is 9.99. The number of hydrogen-bond acceptors (Lipinski definition) is 3. The lowest BCUT2D eigenvalue weighted by atomic mass is 9.97. The lowest BCUT2D eigenvalue weighted by molar-refractivity contribution is 1.17.